The van der Waals surface area contributed by atoms with E-state index >= 15 is 0 Å². The van der Waals surface area contributed by atoms with E-state index in [2.05, 4.69) is 4.98 Å². The van der Waals surface area contributed by atoms with Crippen molar-refractivity contribution in [3.05, 3.63) is 65.0 Å². The standard InChI is InChI=1S/C25H31N3O4/c1-16(2)32-20-8-7-19(15-17(20)3)23(29)21-22(18-9-11-26-12-10-18)28(25(31)24(21)30)14-6-13-27(4)5/h7-12,15-16,22,29H,6,13-14H2,1-5H3/b23-21-. The van der Waals surface area contributed by atoms with Gasteiger partial charge in [-0.1, -0.05) is 0 Å². The van der Waals surface area contributed by atoms with Gasteiger partial charge >= 0.3 is 0 Å². The summed E-state index contributed by atoms with van der Waals surface area (Å²) in [4.78, 5) is 33.6. The van der Waals surface area contributed by atoms with Crippen molar-refractivity contribution < 1.29 is 19.4 Å². The molecular weight excluding hydrogens is 406 g/mol. The maximum atomic E-state index is 13.0. The van der Waals surface area contributed by atoms with Crippen molar-refractivity contribution in [3.63, 3.8) is 0 Å². The molecule has 7 nitrogen and oxygen atoms in total. The number of aliphatic hydroxyl groups excluding tert-OH is 1. The summed E-state index contributed by atoms with van der Waals surface area (Å²) in [5.41, 5.74) is 2.15. The highest BCUT2D eigenvalue weighted by atomic mass is 16.5. The third kappa shape index (κ3) is 4.99. The molecule has 0 aliphatic carbocycles. The van der Waals surface area contributed by atoms with Crippen LogP contribution >= 0.6 is 0 Å². The van der Waals surface area contributed by atoms with Gasteiger partial charge in [-0.3, -0.25) is 14.6 Å². The molecule has 2 aromatic rings. The Hall–Kier alpha value is -3.19. The van der Waals surface area contributed by atoms with E-state index < -0.39 is 17.7 Å². The summed E-state index contributed by atoms with van der Waals surface area (Å²) in [6.45, 7) is 6.96. The summed E-state index contributed by atoms with van der Waals surface area (Å²) in [6.07, 6.45) is 3.98. The number of aromatic nitrogens is 1. The number of hydrogen-bond donors (Lipinski definition) is 1. The molecule has 0 spiro atoms. The molecule has 0 bridgehead atoms. The molecule has 1 saturated heterocycles. The smallest absolute Gasteiger partial charge is 0.295 e. The third-order valence-corrected chi connectivity index (χ3v) is 5.38. The van der Waals surface area contributed by atoms with E-state index in [4.69, 9.17) is 4.74 Å². The number of amides is 1. The third-order valence-electron chi connectivity index (χ3n) is 5.38. The summed E-state index contributed by atoms with van der Waals surface area (Å²) in [5, 5.41) is 11.2. The number of ether oxygens (including phenoxy) is 1. The lowest BCUT2D eigenvalue weighted by Crippen LogP contribution is -2.32. The molecule has 1 atom stereocenters. The predicted octanol–water partition coefficient (Wildman–Crippen LogP) is 3.55. The highest BCUT2D eigenvalue weighted by Gasteiger charge is 2.45. The number of aryl methyl sites for hydroxylation is 1. The van der Waals surface area contributed by atoms with Crippen LogP contribution in [0.1, 0.15) is 43.0 Å². The van der Waals surface area contributed by atoms with Crippen LogP contribution in [0, 0.1) is 6.92 Å². The molecular formula is C25H31N3O4. The molecule has 3 rings (SSSR count). The molecule has 32 heavy (non-hydrogen) atoms. The highest BCUT2D eigenvalue weighted by Crippen LogP contribution is 2.39. The van der Waals surface area contributed by atoms with Gasteiger partial charge < -0.3 is 19.6 Å². The van der Waals surface area contributed by atoms with E-state index in [1.165, 1.54) is 0 Å². The van der Waals surface area contributed by atoms with Crippen LogP contribution in [0.3, 0.4) is 0 Å². The van der Waals surface area contributed by atoms with Crippen molar-refractivity contribution in [1.82, 2.24) is 14.8 Å². The van der Waals surface area contributed by atoms with Crippen LogP contribution in [0.4, 0.5) is 0 Å². The minimum absolute atomic E-state index is 0.0207. The van der Waals surface area contributed by atoms with E-state index in [9.17, 15) is 14.7 Å². The van der Waals surface area contributed by atoms with Crippen LogP contribution in [0.5, 0.6) is 5.75 Å². The lowest BCUT2D eigenvalue weighted by atomic mass is 9.95. The Morgan fingerprint density at radius 2 is 1.88 bits per heavy atom. The first-order valence-electron chi connectivity index (χ1n) is 10.8. The molecule has 170 valence electrons. The molecule has 7 heteroatoms. The van der Waals surface area contributed by atoms with Gasteiger partial charge in [-0.15, -0.1) is 0 Å². The van der Waals surface area contributed by atoms with Gasteiger partial charge in [0.1, 0.15) is 11.5 Å². The van der Waals surface area contributed by atoms with Crippen molar-refractivity contribution >= 4 is 17.4 Å². The molecule has 1 aromatic carbocycles. The van der Waals surface area contributed by atoms with Gasteiger partial charge in [0.2, 0.25) is 0 Å². The van der Waals surface area contributed by atoms with Crippen molar-refractivity contribution in [2.75, 3.05) is 27.2 Å². The molecule has 1 aliphatic rings. The van der Waals surface area contributed by atoms with Crippen molar-refractivity contribution in [2.45, 2.75) is 39.3 Å². The zero-order valence-corrected chi connectivity index (χ0v) is 19.3. The minimum atomic E-state index is -0.672. The Morgan fingerprint density at radius 1 is 1.19 bits per heavy atom. The van der Waals surface area contributed by atoms with Crippen molar-refractivity contribution in [2.24, 2.45) is 0 Å². The summed E-state index contributed by atoms with van der Waals surface area (Å²) in [7, 11) is 3.92. The number of pyridine rings is 1. The average Bonchev–Trinajstić information content (AvgIpc) is 2.99. The van der Waals surface area contributed by atoms with E-state index in [1.807, 2.05) is 39.8 Å². The number of aliphatic hydroxyl groups is 1. The van der Waals surface area contributed by atoms with Crippen LogP contribution in [0.25, 0.3) is 5.76 Å². The number of rotatable bonds is 8. The molecule has 1 aromatic heterocycles. The molecule has 1 fully saturated rings. The van der Waals surface area contributed by atoms with Gasteiger partial charge in [-0.05, 0) is 89.3 Å². The van der Waals surface area contributed by atoms with Gasteiger partial charge in [0, 0.05) is 24.5 Å². The van der Waals surface area contributed by atoms with E-state index in [0.29, 0.717) is 24.3 Å². The quantitative estimate of drug-likeness (QED) is 0.386. The normalized spacial score (nSPS) is 18.1. The zero-order chi connectivity index (χ0) is 23.4. The fourth-order valence-electron chi connectivity index (χ4n) is 3.90. The second-order valence-corrected chi connectivity index (χ2v) is 8.58. The molecule has 1 aliphatic heterocycles. The largest absolute Gasteiger partial charge is 0.507 e. The molecule has 1 unspecified atom stereocenters. The van der Waals surface area contributed by atoms with Gasteiger partial charge in [-0.25, -0.2) is 0 Å². The summed E-state index contributed by atoms with van der Waals surface area (Å²) >= 11 is 0. The van der Waals surface area contributed by atoms with Crippen LogP contribution in [0.15, 0.2) is 48.3 Å². The SMILES string of the molecule is Cc1cc(/C(O)=C2/C(=O)C(=O)N(CCCN(C)C)C2c2ccncc2)ccc1OC(C)C. The van der Waals surface area contributed by atoms with Crippen molar-refractivity contribution in [3.8, 4) is 5.75 Å². The lowest BCUT2D eigenvalue weighted by molar-refractivity contribution is -0.139. The molecule has 0 radical (unpaired) electrons. The number of Topliss-reactive ketones (excluding diaryl/α,β-unsaturated/α-hetero) is 1. The Balaban J connectivity index is 2.05. The predicted molar refractivity (Wildman–Crippen MR) is 123 cm³/mol. The van der Waals surface area contributed by atoms with Crippen LogP contribution in [-0.4, -0.2) is 64.9 Å². The fraction of sp³-hybridized carbons (Fsp3) is 0.400. The zero-order valence-electron chi connectivity index (χ0n) is 19.3. The van der Waals surface area contributed by atoms with Crippen LogP contribution in [-0.2, 0) is 9.59 Å². The molecule has 0 saturated carbocycles. The monoisotopic (exact) mass is 437 g/mol. The summed E-state index contributed by atoms with van der Waals surface area (Å²) in [5.74, 6) is -0.733. The van der Waals surface area contributed by atoms with Crippen molar-refractivity contribution in [1.29, 1.82) is 0 Å². The molecule has 1 amide bonds. The first-order valence-corrected chi connectivity index (χ1v) is 10.8. The van der Waals surface area contributed by atoms with Gasteiger partial charge in [0.05, 0.1) is 17.7 Å². The van der Waals surface area contributed by atoms with Gasteiger partial charge in [0.25, 0.3) is 11.7 Å². The van der Waals surface area contributed by atoms with Crippen LogP contribution < -0.4 is 4.74 Å². The Labute approximate surface area is 189 Å². The minimum Gasteiger partial charge on any atom is -0.507 e. The van der Waals surface area contributed by atoms with Gasteiger partial charge in [0.15, 0.2) is 0 Å². The topological polar surface area (TPSA) is 83.0 Å². The Morgan fingerprint density at radius 3 is 2.47 bits per heavy atom. The second-order valence-electron chi connectivity index (χ2n) is 8.58. The van der Waals surface area contributed by atoms with Gasteiger partial charge in [-0.2, -0.15) is 0 Å². The second kappa shape index (κ2) is 9.96. The number of nitrogens with zero attached hydrogens (tertiary/aromatic N) is 3. The number of hydrogen-bond acceptors (Lipinski definition) is 6. The Bertz CT molecular complexity index is 1020. The molecule has 1 N–H and O–H groups in total. The van der Waals surface area contributed by atoms with Crippen LogP contribution in [0.2, 0.25) is 0 Å². The number of benzene rings is 1. The number of ketones is 1. The Kier molecular flexibility index (Phi) is 7.30. The number of carbonyl (C=O) groups excluding carboxylic acids is 2. The number of carbonyl (C=O) groups is 2. The first-order chi connectivity index (χ1) is 15.2. The summed E-state index contributed by atoms with van der Waals surface area (Å²) < 4.78 is 5.78. The fourth-order valence-corrected chi connectivity index (χ4v) is 3.90. The summed E-state index contributed by atoms with van der Waals surface area (Å²) in [6, 6.07) is 8.14. The highest BCUT2D eigenvalue weighted by molar-refractivity contribution is 6.46. The first kappa shape index (κ1) is 23.5. The van der Waals surface area contributed by atoms with E-state index in [1.54, 1.807) is 47.6 Å². The lowest BCUT2D eigenvalue weighted by Gasteiger charge is -2.25. The molecule has 2 heterocycles. The average molecular weight is 438 g/mol. The van der Waals surface area contributed by atoms with E-state index in [-0.39, 0.29) is 17.4 Å². The number of likely N-dealkylation sites (tertiary alicyclic amines) is 1. The van der Waals surface area contributed by atoms with E-state index in [0.717, 1.165) is 17.7 Å². The maximum Gasteiger partial charge on any atom is 0.295 e. The maximum absolute atomic E-state index is 13.0.